The van der Waals surface area contributed by atoms with Gasteiger partial charge in [-0.2, -0.15) is 0 Å². The summed E-state index contributed by atoms with van der Waals surface area (Å²) in [6.45, 7) is 1.39. The Morgan fingerprint density at radius 1 is 0.625 bits per heavy atom. The summed E-state index contributed by atoms with van der Waals surface area (Å²) in [6.07, 6.45) is 5.77. The number of para-hydroxylation sites is 2. The van der Waals surface area contributed by atoms with E-state index in [0.717, 1.165) is 46.1 Å². The third-order valence-electron chi connectivity index (χ3n) is 4.16. The molecule has 4 heteroatoms. The molecule has 0 amide bonds. The Balaban J connectivity index is 1.24. The average Bonchev–Trinajstić information content (AvgIpc) is 3.22. The fourth-order valence-electron chi connectivity index (χ4n) is 2.90. The van der Waals surface area contributed by atoms with E-state index in [0.29, 0.717) is 13.2 Å². The van der Waals surface area contributed by atoms with Crippen molar-refractivity contribution in [3.05, 3.63) is 60.9 Å². The quantitative estimate of drug-likeness (QED) is 0.476. The van der Waals surface area contributed by atoms with Crippen LogP contribution in [0.4, 0.5) is 0 Å². The fourth-order valence-corrected chi connectivity index (χ4v) is 2.90. The van der Waals surface area contributed by atoms with E-state index in [-0.39, 0.29) is 0 Å². The second kappa shape index (κ2) is 6.71. The van der Waals surface area contributed by atoms with Gasteiger partial charge in [0.25, 0.3) is 0 Å². The van der Waals surface area contributed by atoms with Crippen LogP contribution in [-0.4, -0.2) is 23.2 Å². The molecule has 0 aliphatic rings. The van der Waals surface area contributed by atoms with Gasteiger partial charge in [-0.1, -0.05) is 24.3 Å². The highest BCUT2D eigenvalue weighted by Crippen LogP contribution is 2.26. The molecule has 2 heterocycles. The molecule has 0 spiro atoms. The molecule has 2 aromatic heterocycles. The molecule has 4 rings (SSSR count). The molecule has 4 aromatic rings. The van der Waals surface area contributed by atoms with Gasteiger partial charge in [0.15, 0.2) is 0 Å². The average molecular weight is 320 g/mol. The van der Waals surface area contributed by atoms with Gasteiger partial charge in [0, 0.05) is 34.2 Å². The smallest absolute Gasteiger partial charge is 0.144 e. The maximum atomic E-state index is 5.87. The normalized spacial score (nSPS) is 11.2. The number of fused-ring (bicyclic) bond motifs is 2. The van der Waals surface area contributed by atoms with Gasteiger partial charge < -0.3 is 19.4 Å². The number of benzene rings is 2. The monoisotopic (exact) mass is 320 g/mol. The maximum absolute atomic E-state index is 5.87. The largest absolute Gasteiger partial charge is 0.491 e. The van der Waals surface area contributed by atoms with Gasteiger partial charge in [-0.3, -0.25) is 0 Å². The Morgan fingerprint density at radius 2 is 1.08 bits per heavy atom. The zero-order valence-corrected chi connectivity index (χ0v) is 13.4. The van der Waals surface area contributed by atoms with Crippen LogP contribution in [-0.2, 0) is 0 Å². The van der Waals surface area contributed by atoms with E-state index in [4.69, 9.17) is 9.47 Å². The van der Waals surface area contributed by atoms with Gasteiger partial charge in [0.05, 0.1) is 13.2 Å². The van der Waals surface area contributed by atoms with Crippen LogP contribution < -0.4 is 9.47 Å². The van der Waals surface area contributed by atoms with Crippen molar-refractivity contribution in [3.63, 3.8) is 0 Å². The Labute approximate surface area is 140 Å². The molecule has 0 saturated heterocycles. The number of nitrogens with one attached hydrogen (secondary N) is 2. The zero-order chi connectivity index (χ0) is 16.2. The number of unbranched alkanes of at least 4 members (excludes halogenated alkanes) is 1. The van der Waals surface area contributed by atoms with E-state index < -0.39 is 0 Å². The van der Waals surface area contributed by atoms with E-state index >= 15 is 0 Å². The number of ether oxygens (including phenoxy) is 2. The van der Waals surface area contributed by atoms with E-state index in [9.17, 15) is 0 Å². The highest BCUT2D eigenvalue weighted by Gasteiger charge is 2.05. The molecule has 0 aliphatic heterocycles. The van der Waals surface area contributed by atoms with Crippen LogP contribution in [0.25, 0.3) is 21.8 Å². The number of aromatic amines is 2. The van der Waals surface area contributed by atoms with Crippen molar-refractivity contribution in [2.24, 2.45) is 0 Å². The first kappa shape index (κ1) is 14.7. The molecule has 122 valence electrons. The molecule has 0 fully saturated rings. The molecule has 24 heavy (non-hydrogen) atoms. The topological polar surface area (TPSA) is 50.0 Å². The molecule has 0 aliphatic carbocycles. The molecule has 0 radical (unpaired) electrons. The van der Waals surface area contributed by atoms with E-state index in [1.165, 1.54) is 0 Å². The van der Waals surface area contributed by atoms with Crippen LogP contribution in [0.15, 0.2) is 60.9 Å². The van der Waals surface area contributed by atoms with Gasteiger partial charge in [0.2, 0.25) is 0 Å². The first-order chi connectivity index (χ1) is 11.9. The second-order valence-electron chi connectivity index (χ2n) is 5.80. The summed E-state index contributed by atoms with van der Waals surface area (Å²) in [5.41, 5.74) is 2.21. The third kappa shape index (κ3) is 2.95. The Kier molecular flexibility index (Phi) is 4.11. The number of H-pyrrole nitrogens is 2. The molecule has 0 atom stereocenters. The number of aromatic nitrogens is 2. The van der Waals surface area contributed by atoms with Crippen LogP contribution >= 0.6 is 0 Å². The van der Waals surface area contributed by atoms with Crippen molar-refractivity contribution >= 4 is 21.8 Å². The molecule has 2 aromatic carbocycles. The molecular formula is C20H20N2O2. The molecule has 0 unspecified atom stereocenters. The van der Waals surface area contributed by atoms with Crippen molar-refractivity contribution < 1.29 is 9.47 Å². The highest BCUT2D eigenvalue weighted by atomic mass is 16.5. The van der Waals surface area contributed by atoms with Crippen LogP contribution in [0.5, 0.6) is 11.5 Å². The lowest BCUT2D eigenvalue weighted by molar-refractivity contribution is 0.269. The van der Waals surface area contributed by atoms with Crippen LogP contribution in [0, 0.1) is 0 Å². The number of hydrogen-bond acceptors (Lipinski definition) is 2. The van der Waals surface area contributed by atoms with Crippen molar-refractivity contribution in [3.8, 4) is 11.5 Å². The molecular weight excluding hydrogens is 300 g/mol. The second-order valence-corrected chi connectivity index (χ2v) is 5.80. The Hall–Kier alpha value is -2.88. The summed E-state index contributed by atoms with van der Waals surface area (Å²) < 4.78 is 11.7. The lowest BCUT2D eigenvalue weighted by atomic mass is 10.2. The van der Waals surface area contributed by atoms with Crippen molar-refractivity contribution in [2.75, 3.05) is 13.2 Å². The van der Waals surface area contributed by atoms with E-state index in [2.05, 4.69) is 34.2 Å². The summed E-state index contributed by atoms with van der Waals surface area (Å²) in [5, 5.41) is 2.26. The van der Waals surface area contributed by atoms with E-state index in [1.807, 2.05) is 36.7 Å². The standard InChI is InChI=1S/C20H20N2O2/c1-3-9-17-15(7-1)19(13-21-17)23-11-5-6-12-24-20-14-22-18-10-4-2-8-16(18)20/h1-4,7-10,13-14,21-22H,5-6,11-12H2. The van der Waals surface area contributed by atoms with Crippen LogP contribution in [0.3, 0.4) is 0 Å². The van der Waals surface area contributed by atoms with Crippen molar-refractivity contribution in [2.45, 2.75) is 12.8 Å². The van der Waals surface area contributed by atoms with Crippen LogP contribution in [0.2, 0.25) is 0 Å². The lowest BCUT2D eigenvalue weighted by Crippen LogP contribution is -2.02. The molecule has 4 nitrogen and oxygen atoms in total. The maximum Gasteiger partial charge on any atom is 0.144 e. The van der Waals surface area contributed by atoms with Gasteiger partial charge in [-0.05, 0) is 37.1 Å². The zero-order valence-electron chi connectivity index (χ0n) is 13.4. The molecule has 2 N–H and O–H groups in total. The summed E-state index contributed by atoms with van der Waals surface area (Å²) in [7, 11) is 0. The Bertz CT molecular complexity index is 861. The molecule has 0 saturated carbocycles. The minimum Gasteiger partial charge on any atom is -0.491 e. The SMILES string of the molecule is c1ccc2c(OCCCCOc3c[nH]c4ccccc34)c[nH]c2c1. The predicted octanol–water partition coefficient (Wildman–Crippen LogP) is 4.89. The van der Waals surface area contributed by atoms with Crippen molar-refractivity contribution in [1.29, 1.82) is 0 Å². The third-order valence-corrected chi connectivity index (χ3v) is 4.16. The van der Waals surface area contributed by atoms with Crippen LogP contribution in [0.1, 0.15) is 12.8 Å². The minimum absolute atomic E-state index is 0.694. The van der Waals surface area contributed by atoms with E-state index in [1.54, 1.807) is 0 Å². The first-order valence-electron chi connectivity index (χ1n) is 8.29. The summed E-state index contributed by atoms with van der Waals surface area (Å²) >= 11 is 0. The van der Waals surface area contributed by atoms with Gasteiger partial charge in [0.1, 0.15) is 11.5 Å². The van der Waals surface area contributed by atoms with Gasteiger partial charge in [-0.15, -0.1) is 0 Å². The predicted molar refractivity (Wildman–Crippen MR) is 96.8 cm³/mol. The molecule has 0 bridgehead atoms. The van der Waals surface area contributed by atoms with Crippen molar-refractivity contribution in [1.82, 2.24) is 9.97 Å². The summed E-state index contributed by atoms with van der Waals surface area (Å²) in [6, 6.07) is 16.3. The summed E-state index contributed by atoms with van der Waals surface area (Å²) in [5.74, 6) is 1.84. The number of rotatable bonds is 7. The number of hydrogen-bond donors (Lipinski definition) is 2. The highest BCUT2D eigenvalue weighted by molar-refractivity contribution is 5.86. The van der Waals surface area contributed by atoms with Gasteiger partial charge >= 0.3 is 0 Å². The lowest BCUT2D eigenvalue weighted by Gasteiger charge is -2.06. The first-order valence-corrected chi connectivity index (χ1v) is 8.29. The summed E-state index contributed by atoms with van der Waals surface area (Å²) in [4.78, 5) is 6.45. The fraction of sp³-hybridized carbons (Fsp3) is 0.200. The minimum atomic E-state index is 0.694. The Morgan fingerprint density at radius 3 is 1.58 bits per heavy atom. The van der Waals surface area contributed by atoms with Gasteiger partial charge in [-0.25, -0.2) is 0 Å².